The number of benzene rings is 3. The first-order valence-electron chi connectivity index (χ1n) is 13.1. The van der Waals surface area contributed by atoms with E-state index in [4.69, 9.17) is 0 Å². The lowest BCUT2D eigenvalue weighted by molar-refractivity contribution is 0.0827. The van der Waals surface area contributed by atoms with E-state index >= 15 is 0 Å². The van der Waals surface area contributed by atoms with E-state index in [1.54, 1.807) is 62.2 Å². The Kier molecular flexibility index (Phi) is 7.35. The highest BCUT2D eigenvalue weighted by Gasteiger charge is 2.15. The summed E-state index contributed by atoms with van der Waals surface area (Å²) >= 11 is 0. The number of fused-ring (bicyclic) bond motifs is 1. The average molecular weight is 547 g/mol. The third-order valence-electron chi connectivity index (χ3n) is 6.82. The van der Waals surface area contributed by atoms with Gasteiger partial charge in [0.2, 0.25) is 5.95 Å². The Morgan fingerprint density at radius 1 is 0.878 bits per heavy atom. The highest BCUT2D eigenvalue weighted by Crippen LogP contribution is 2.28. The standard InChI is InChI=1S/C32H30N6O3/c1-19-7-6-8-22(15-19)29(39)34-25-12-9-20(2)26(17-25)27-16-23-18-33-32(36-28(23)31(41)38(27)5)35-24-13-10-21(11-14-24)30(40)37(3)4/h6-18H,1-5H3,(H,34,39)(H,33,35,36). The predicted molar refractivity (Wildman–Crippen MR) is 162 cm³/mol. The maximum Gasteiger partial charge on any atom is 0.277 e. The number of pyridine rings is 1. The van der Waals surface area contributed by atoms with Crippen molar-refractivity contribution in [1.82, 2.24) is 19.4 Å². The van der Waals surface area contributed by atoms with Gasteiger partial charge in [0, 0.05) is 60.8 Å². The average Bonchev–Trinajstić information content (AvgIpc) is 2.96. The van der Waals surface area contributed by atoms with Crippen molar-refractivity contribution in [1.29, 1.82) is 0 Å². The summed E-state index contributed by atoms with van der Waals surface area (Å²) in [5.74, 6) is -0.0263. The Hall–Kier alpha value is -5.31. The lowest BCUT2D eigenvalue weighted by atomic mass is 10.0. The Labute approximate surface area is 237 Å². The second-order valence-corrected chi connectivity index (χ2v) is 10.1. The van der Waals surface area contributed by atoms with E-state index in [2.05, 4.69) is 20.6 Å². The second-order valence-electron chi connectivity index (χ2n) is 10.1. The number of carbonyl (C=O) groups excluding carboxylic acids is 2. The molecule has 0 saturated heterocycles. The van der Waals surface area contributed by atoms with Crippen LogP contribution >= 0.6 is 0 Å². The van der Waals surface area contributed by atoms with Crippen LogP contribution in [0.1, 0.15) is 31.8 Å². The fraction of sp³-hybridized carbons (Fsp3) is 0.156. The topological polar surface area (TPSA) is 109 Å². The van der Waals surface area contributed by atoms with Gasteiger partial charge in [-0.25, -0.2) is 9.97 Å². The molecule has 0 radical (unpaired) electrons. The monoisotopic (exact) mass is 546 g/mol. The molecule has 2 aromatic heterocycles. The minimum Gasteiger partial charge on any atom is -0.345 e. The molecule has 9 nitrogen and oxygen atoms in total. The quantitative estimate of drug-likeness (QED) is 0.299. The Morgan fingerprint density at radius 3 is 2.32 bits per heavy atom. The molecule has 0 unspecified atom stereocenters. The first-order chi connectivity index (χ1) is 19.6. The summed E-state index contributed by atoms with van der Waals surface area (Å²) in [6, 6.07) is 21.9. The van der Waals surface area contributed by atoms with Crippen LogP contribution in [0, 0.1) is 13.8 Å². The number of rotatable bonds is 6. The zero-order valence-corrected chi connectivity index (χ0v) is 23.5. The van der Waals surface area contributed by atoms with Gasteiger partial charge in [-0.1, -0.05) is 23.8 Å². The molecule has 206 valence electrons. The number of carbonyl (C=O) groups is 2. The maximum absolute atomic E-state index is 13.4. The Bertz CT molecular complexity index is 1860. The van der Waals surface area contributed by atoms with E-state index < -0.39 is 0 Å². The molecule has 2 heterocycles. The van der Waals surface area contributed by atoms with Crippen molar-refractivity contribution < 1.29 is 9.59 Å². The molecule has 5 aromatic rings. The van der Waals surface area contributed by atoms with Crippen LogP contribution in [0.3, 0.4) is 0 Å². The molecule has 2 amide bonds. The molecule has 0 aliphatic carbocycles. The molecular weight excluding hydrogens is 516 g/mol. The number of nitrogens with one attached hydrogen (secondary N) is 2. The highest BCUT2D eigenvalue weighted by molar-refractivity contribution is 6.04. The van der Waals surface area contributed by atoms with Crippen molar-refractivity contribution in [2.24, 2.45) is 7.05 Å². The third-order valence-corrected chi connectivity index (χ3v) is 6.82. The molecule has 0 bridgehead atoms. The van der Waals surface area contributed by atoms with E-state index in [0.717, 1.165) is 16.7 Å². The number of nitrogens with zero attached hydrogens (tertiary/aromatic N) is 4. The van der Waals surface area contributed by atoms with E-state index in [1.165, 1.54) is 4.90 Å². The van der Waals surface area contributed by atoms with Crippen LogP contribution in [-0.2, 0) is 7.05 Å². The van der Waals surface area contributed by atoms with Crippen LogP contribution in [0.2, 0.25) is 0 Å². The van der Waals surface area contributed by atoms with Crippen LogP contribution in [0.25, 0.3) is 22.2 Å². The minimum absolute atomic E-state index is 0.0905. The summed E-state index contributed by atoms with van der Waals surface area (Å²) < 4.78 is 1.55. The molecule has 0 saturated carbocycles. The molecular formula is C32H30N6O3. The molecule has 0 spiro atoms. The van der Waals surface area contributed by atoms with E-state index in [9.17, 15) is 14.4 Å². The van der Waals surface area contributed by atoms with Crippen molar-refractivity contribution in [3.63, 3.8) is 0 Å². The number of anilines is 3. The largest absolute Gasteiger partial charge is 0.345 e. The molecule has 0 aliphatic rings. The van der Waals surface area contributed by atoms with Crippen LogP contribution in [-0.4, -0.2) is 45.3 Å². The molecule has 0 aliphatic heterocycles. The van der Waals surface area contributed by atoms with Crippen LogP contribution in [0.5, 0.6) is 0 Å². The minimum atomic E-state index is -0.275. The summed E-state index contributed by atoms with van der Waals surface area (Å²) in [6.07, 6.45) is 1.61. The summed E-state index contributed by atoms with van der Waals surface area (Å²) in [5, 5.41) is 6.65. The fourth-order valence-electron chi connectivity index (χ4n) is 4.55. The fourth-order valence-corrected chi connectivity index (χ4v) is 4.55. The Balaban J connectivity index is 1.44. The van der Waals surface area contributed by atoms with Crippen LogP contribution in [0.4, 0.5) is 17.3 Å². The number of hydrogen-bond donors (Lipinski definition) is 2. The van der Waals surface area contributed by atoms with Crippen molar-refractivity contribution in [2.75, 3.05) is 24.7 Å². The van der Waals surface area contributed by atoms with Gasteiger partial charge in [-0.05, 0) is 74.0 Å². The maximum atomic E-state index is 13.4. The summed E-state index contributed by atoms with van der Waals surface area (Å²) in [7, 11) is 5.10. The summed E-state index contributed by atoms with van der Waals surface area (Å²) in [4.78, 5) is 48.8. The van der Waals surface area contributed by atoms with Gasteiger partial charge >= 0.3 is 0 Å². The lowest BCUT2D eigenvalue weighted by Gasteiger charge is -2.15. The van der Waals surface area contributed by atoms with Gasteiger partial charge in [-0.15, -0.1) is 0 Å². The molecule has 0 atom stereocenters. The van der Waals surface area contributed by atoms with Crippen molar-refractivity contribution >= 4 is 40.0 Å². The normalized spacial score (nSPS) is 10.9. The zero-order valence-electron chi connectivity index (χ0n) is 23.5. The van der Waals surface area contributed by atoms with Gasteiger partial charge in [0.15, 0.2) is 0 Å². The van der Waals surface area contributed by atoms with Gasteiger partial charge in [0.1, 0.15) is 5.52 Å². The van der Waals surface area contributed by atoms with Crippen LogP contribution in [0.15, 0.2) is 83.8 Å². The SMILES string of the molecule is Cc1cccc(C(=O)Nc2ccc(C)c(-c3cc4cnc(Nc5ccc(C(=O)N(C)C)cc5)nc4c(=O)n3C)c2)c1. The Morgan fingerprint density at radius 2 is 1.61 bits per heavy atom. The number of amides is 2. The van der Waals surface area contributed by atoms with E-state index in [-0.39, 0.29) is 28.8 Å². The number of aromatic nitrogens is 3. The summed E-state index contributed by atoms with van der Waals surface area (Å²) in [5.41, 5.74) is 5.89. The zero-order chi connectivity index (χ0) is 29.3. The first kappa shape index (κ1) is 27.3. The van der Waals surface area contributed by atoms with E-state index in [0.29, 0.717) is 33.6 Å². The van der Waals surface area contributed by atoms with Crippen LogP contribution < -0.4 is 16.2 Å². The van der Waals surface area contributed by atoms with Gasteiger partial charge in [0.05, 0.1) is 5.69 Å². The number of hydrogen-bond acceptors (Lipinski definition) is 6. The van der Waals surface area contributed by atoms with E-state index in [1.807, 2.05) is 56.3 Å². The third kappa shape index (κ3) is 5.69. The molecule has 9 heteroatoms. The molecule has 3 aromatic carbocycles. The molecule has 2 N–H and O–H groups in total. The van der Waals surface area contributed by atoms with Gasteiger partial charge < -0.3 is 20.1 Å². The number of aryl methyl sites for hydroxylation is 2. The smallest absolute Gasteiger partial charge is 0.277 e. The van der Waals surface area contributed by atoms with Gasteiger partial charge in [-0.3, -0.25) is 14.4 Å². The molecule has 5 rings (SSSR count). The second kappa shape index (κ2) is 11.1. The summed E-state index contributed by atoms with van der Waals surface area (Å²) in [6.45, 7) is 3.90. The van der Waals surface area contributed by atoms with Crippen molar-refractivity contribution in [2.45, 2.75) is 13.8 Å². The molecule has 0 fully saturated rings. The lowest BCUT2D eigenvalue weighted by Crippen LogP contribution is -2.21. The van der Waals surface area contributed by atoms with Gasteiger partial charge in [0.25, 0.3) is 17.4 Å². The van der Waals surface area contributed by atoms with Gasteiger partial charge in [-0.2, -0.15) is 0 Å². The van der Waals surface area contributed by atoms with Crippen molar-refractivity contribution in [3.8, 4) is 11.3 Å². The highest BCUT2D eigenvalue weighted by atomic mass is 16.2. The van der Waals surface area contributed by atoms with Crippen molar-refractivity contribution in [3.05, 3.63) is 112 Å². The first-order valence-corrected chi connectivity index (χ1v) is 13.1. The molecule has 41 heavy (non-hydrogen) atoms. The predicted octanol–water partition coefficient (Wildman–Crippen LogP) is 5.31.